The summed E-state index contributed by atoms with van der Waals surface area (Å²) in [7, 11) is 0. The predicted octanol–water partition coefficient (Wildman–Crippen LogP) is 2.95. The first-order valence-electron chi connectivity index (χ1n) is 9.42. The third-order valence-corrected chi connectivity index (χ3v) is 7.70. The zero-order valence-corrected chi connectivity index (χ0v) is 18.2. The second kappa shape index (κ2) is 8.46. The van der Waals surface area contributed by atoms with Gasteiger partial charge in [0.05, 0.1) is 16.8 Å². The number of carbonyl (C=O) groups excluding carboxylic acids is 2. The van der Waals surface area contributed by atoms with Crippen molar-refractivity contribution < 1.29 is 9.59 Å². The number of likely N-dealkylation sites (tertiary alicyclic amines) is 2. The Bertz CT molecular complexity index is 904. The molecule has 2 aliphatic rings. The number of thiophene rings is 1. The van der Waals surface area contributed by atoms with Crippen molar-refractivity contribution in [3.05, 3.63) is 4.88 Å². The average molecular weight is 438 g/mol. The van der Waals surface area contributed by atoms with E-state index in [1.165, 1.54) is 34.9 Å². The molecule has 0 atom stereocenters. The van der Waals surface area contributed by atoms with Crippen LogP contribution in [-0.4, -0.2) is 69.8 Å². The largest absolute Gasteiger partial charge is 0.397 e. The van der Waals surface area contributed by atoms with Gasteiger partial charge in [0.25, 0.3) is 5.91 Å². The second-order valence-corrected chi connectivity index (χ2v) is 9.65. The first-order valence-corrected chi connectivity index (χ1v) is 12.4. The zero-order valence-electron chi connectivity index (χ0n) is 15.8. The maximum Gasteiger partial charge on any atom is 0.266 e. The van der Waals surface area contributed by atoms with E-state index in [0.29, 0.717) is 21.5 Å². The highest BCUT2D eigenvalue weighted by atomic mass is 32.2. The molecule has 2 N–H and O–H groups in total. The lowest BCUT2D eigenvalue weighted by Crippen LogP contribution is -2.29. The monoisotopic (exact) mass is 437 g/mol. The fraction of sp³-hybridized carbons (Fsp3) is 0.556. The highest BCUT2D eigenvalue weighted by Gasteiger charge is 2.27. The number of amides is 2. The summed E-state index contributed by atoms with van der Waals surface area (Å²) < 4.78 is 0. The average Bonchev–Trinajstić information content (AvgIpc) is 3.46. The van der Waals surface area contributed by atoms with E-state index in [1.807, 2.05) is 16.1 Å². The van der Waals surface area contributed by atoms with Gasteiger partial charge in [-0.15, -0.1) is 23.1 Å². The summed E-state index contributed by atoms with van der Waals surface area (Å²) in [5.41, 5.74) is 6.82. The molecule has 10 heteroatoms. The van der Waals surface area contributed by atoms with E-state index in [9.17, 15) is 9.59 Å². The van der Waals surface area contributed by atoms with Crippen molar-refractivity contribution in [3.8, 4) is 0 Å². The minimum absolute atomic E-state index is 0.0107. The number of nitrogen functional groups attached to an aromatic ring is 1. The van der Waals surface area contributed by atoms with Crippen LogP contribution in [0.1, 0.15) is 35.4 Å². The van der Waals surface area contributed by atoms with Gasteiger partial charge in [0.15, 0.2) is 5.16 Å². The lowest BCUT2D eigenvalue weighted by atomic mass is 10.3. The molecule has 2 saturated heterocycles. The number of hydrogen-bond donors (Lipinski definition) is 1. The number of fused-ring (bicyclic) bond motifs is 1. The Kier molecular flexibility index (Phi) is 5.98. The fourth-order valence-corrected chi connectivity index (χ4v) is 6.17. The van der Waals surface area contributed by atoms with Gasteiger partial charge in [-0.05, 0) is 31.9 Å². The molecule has 0 aliphatic carbocycles. The van der Waals surface area contributed by atoms with Crippen molar-refractivity contribution in [2.45, 2.75) is 35.9 Å². The van der Waals surface area contributed by atoms with E-state index in [-0.39, 0.29) is 11.8 Å². The van der Waals surface area contributed by atoms with Crippen molar-refractivity contribution in [1.82, 2.24) is 19.8 Å². The van der Waals surface area contributed by atoms with Gasteiger partial charge < -0.3 is 15.5 Å². The SMILES string of the molecule is CSc1nc(SCC(=O)N2CCCC2)nc2sc(C(=O)N3CCCC3)c(N)c12. The van der Waals surface area contributed by atoms with E-state index >= 15 is 0 Å². The summed E-state index contributed by atoms with van der Waals surface area (Å²) in [5, 5.41) is 2.08. The Morgan fingerprint density at radius 2 is 1.71 bits per heavy atom. The van der Waals surface area contributed by atoms with Crippen molar-refractivity contribution in [2.24, 2.45) is 0 Å². The quantitative estimate of drug-likeness (QED) is 0.437. The number of thioether (sulfide) groups is 2. The number of hydrogen-bond acceptors (Lipinski definition) is 8. The molecule has 4 heterocycles. The summed E-state index contributed by atoms with van der Waals surface area (Å²) in [6.45, 7) is 3.26. The predicted molar refractivity (Wildman–Crippen MR) is 115 cm³/mol. The molecule has 4 rings (SSSR count). The van der Waals surface area contributed by atoms with Gasteiger partial charge in [-0.25, -0.2) is 9.97 Å². The Balaban J connectivity index is 1.59. The van der Waals surface area contributed by atoms with Crippen molar-refractivity contribution in [2.75, 3.05) is 43.9 Å². The van der Waals surface area contributed by atoms with E-state index in [0.717, 1.165) is 67.1 Å². The standard InChI is InChI=1S/C18H23N5O2S3/c1-26-15-12-13(19)14(17(25)23-8-4-5-9-23)28-16(12)21-18(20-15)27-10-11(24)22-6-2-3-7-22/h2-10,19H2,1H3. The molecule has 2 amide bonds. The fourth-order valence-electron chi connectivity index (χ4n) is 3.59. The molecule has 0 spiro atoms. The van der Waals surface area contributed by atoms with Crippen LogP contribution >= 0.6 is 34.9 Å². The summed E-state index contributed by atoms with van der Waals surface area (Å²) >= 11 is 4.17. The number of anilines is 1. The normalized spacial score (nSPS) is 17.0. The number of nitrogens with zero attached hydrogens (tertiary/aromatic N) is 4. The Morgan fingerprint density at radius 3 is 2.36 bits per heavy atom. The molecule has 2 fully saturated rings. The van der Waals surface area contributed by atoms with Crippen molar-refractivity contribution in [3.63, 3.8) is 0 Å². The second-order valence-electron chi connectivity index (χ2n) is 6.92. The molecule has 2 aromatic rings. The van der Waals surface area contributed by atoms with E-state index in [2.05, 4.69) is 9.97 Å². The first kappa shape index (κ1) is 19.8. The number of nitrogens with two attached hydrogens (primary N) is 1. The van der Waals surface area contributed by atoms with Gasteiger partial charge in [0.1, 0.15) is 14.7 Å². The molecule has 28 heavy (non-hydrogen) atoms. The molecule has 0 saturated carbocycles. The van der Waals surface area contributed by atoms with Gasteiger partial charge in [-0.2, -0.15) is 0 Å². The van der Waals surface area contributed by atoms with Gasteiger partial charge in [0.2, 0.25) is 5.91 Å². The van der Waals surface area contributed by atoms with Crippen LogP contribution in [0.25, 0.3) is 10.2 Å². The highest BCUT2D eigenvalue weighted by Crippen LogP contribution is 2.39. The van der Waals surface area contributed by atoms with Crippen molar-refractivity contribution >= 4 is 62.6 Å². The smallest absolute Gasteiger partial charge is 0.266 e. The highest BCUT2D eigenvalue weighted by molar-refractivity contribution is 8.00. The topological polar surface area (TPSA) is 92.4 Å². The lowest BCUT2D eigenvalue weighted by molar-refractivity contribution is -0.127. The summed E-state index contributed by atoms with van der Waals surface area (Å²) in [6, 6.07) is 0. The molecule has 0 unspecified atom stereocenters. The van der Waals surface area contributed by atoms with Crippen molar-refractivity contribution in [1.29, 1.82) is 0 Å². The Labute approximate surface area is 176 Å². The number of aromatic nitrogens is 2. The molecule has 2 aliphatic heterocycles. The van der Waals surface area contributed by atoms with Crippen LogP contribution in [-0.2, 0) is 4.79 Å². The molecule has 0 aromatic carbocycles. The molecular weight excluding hydrogens is 414 g/mol. The van der Waals surface area contributed by atoms with Gasteiger partial charge in [-0.3, -0.25) is 9.59 Å². The van der Waals surface area contributed by atoms with Gasteiger partial charge in [0, 0.05) is 26.2 Å². The molecule has 0 radical (unpaired) electrons. The van der Waals surface area contributed by atoms with Crippen LogP contribution in [0, 0.1) is 0 Å². The van der Waals surface area contributed by atoms with Crippen LogP contribution < -0.4 is 5.73 Å². The van der Waals surface area contributed by atoms with Gasteiger partial charge in [-0.1, -0.05) is 11.8 Å². The maximum absolute atomic E-state index is 12.8. The molecule has 0 bridgehead atoms. The lowest BCUT2D eigenvalue weighted by Gasteiger charge is -2.14. The molecule has 150 valence electrons. The van der Waals surface area contributed by atoms with Gasteiger partial charge >= 0.3 is 0 Å². The van der Waals surface area contributed by atoms with E-state index in [1.54, 1.807) is 0 Å². The summed E-state index contributed by atoms with van der Waals surface area (Å²) in [6.07, 6.45) is 6.18. The number of rotatable bonds is 5. The molecule has 2 aromatic heterocycles. The summed E-state index contributed by atoms with van der Waals surface area (Å²) in [5.74, 6) is 0.454. The molecular formula is C18H23N5O2S3. The Morgan fingerprint density at radius 1 is 1.07 bits per heavy atom. The van der Waals surface area contributed by atoms with Crippen LogP contribution in [0.5, 0.6) is 0 Å². The number of carbonyl (C=O) groups is 2. The van der Waals surface area contributed by atoms with Crippen LogP contribution in [0.15, 0.2) is 10.2 Å². The van der Waals surface area contributed by atoms with Crippen LogP contribution in [0.2, 0.25) is 0 Å². The zero-order chi connectivity index (χ0) is 19.7. The van der Waals surface area contributed by atoms with E-state index in [4.69, 9.17) is 5.73 Å². The minimum atomic E-state index is -0.0107. The van der Waals surface area contributed by atoms with Crippen LogP contribution in [0.4, 0.5) is 5.69 Å². The van der Waals surface area contributed by atoms with E-state index < -0.39 is 0 Å². The third kappa shape index (κ3) is 3.81. The Hall–Kier alpha value is -1.52. The molecule has 7 nitrogen and oxygen atoms in total. The minimum Gasteiger partial charge on any atom is -0.397 e. The van der Waals surface area contributed by atoms with Crippen LogP contribution in [0.3, 0.4) is 0 Å². The maximum atomic E-state index is 12.8. The summed E-state index contributed by atoms with van der Waals surface area (Å²) in [4.78, 5) is 39.4. The first-order chi connectivity index (χ1) is 13.6. The third-order valence-electron chi connectivity index (χ3n) is 5.10.